The highest BCUT2D eigenvalue weighted by molar-refractivity contribution is 6.30. The Kier molecular flexibility index (Phi) is 5.69. The SMILES string of the molecule is CCOc1ccccc1C1c2[nH]c3ccccc3c2C[C@H]2C(=O)N(Cc3cccc(Cl)c3)CC(=O)N12. The molecule has 2 aliphatic heterocycles. The molecule has 182 valence electrons. The van der Waals surface area contributed by atoms with Gasteiger partial charge in [0, 0.05) is 40.1 Å². The number of hydrogen-bond acceptors (Lipinski definition) is 3. The Morgan fingerprint density at radius 1 is 1.03 bits per heavy atom. The number of amides is 2. The van der Waals surface area contributed by atoms with Crippen molar-refractivity contribution in [1.82, 2.24) is 14.8 Å². The second-order valence-corrected chi connectivity index (χ2v) is 9.72. The van der Waals surface area contributed by atoms with Crippen molar-refractivity contribution >= 4 is 34.3 Å². The second kappa shape index (κ2) is 9.03. The third-order valence-corrected chi connectivity index (χ3v) is 7.35. The van der Waals surface area contributed by atoms with Gasteiger partial charge in [-0.05, 0) is 42.3 Å². The number of nitrogens with zero attached hydrogens (tertiary/aromatic N) is 2. The first-order valence-corrected chi connectivity index (χ1v) is 12.6. The number of piperazine rings is 1. The topological polar surface area (TPSA) is 65.6 Å². The number of H-pyrrole nitrogens is 1. The van der Waals surface area contributed by atoms with Crippen LogP contribution in [-0.2, 0) is 22.6 Å². The number of hydrogen-bond donors (Lipinski definition) is 1. The van der Waals surface area contributed by atoms with Crippen molar-refractivity contribution in [3.05, 3.63) is 100 Å². The first-order valence-electron chi connectivity index (χ1n) is 12.2. The molecule has 3 aromatic carbocycles. The molecule has 1 N–H and O–H groups in total. The monoisotopic (exact) mass is 499 g/mol. The Morgan fingerprint density at radius 3 is 2.67 bits per heavy atom. The van der Waals surface area contributed by atoms with Gasteiger partial charge in [0.15, 0.2) is 0 Å². The number of aromatic nitrogens is 1. The first-order chi connectivity index (χ1) is 17.5. The van der Waals surface area contributed by atoms with Gasteiger partial charge in [-0.1, -0.05) is 60.1 Å². The lowest BCUT2D eigenvalue weighted by molar-refractivity contribution is -0.159. The van der Waals surface area contributed by atoms with Crippen LogP contribution in [0.1, 0.15) is 35.3 Å². The molecule has 0 aliphatic carbocycles. The summed E-state index contributed by atoms with van der Waals surface area (Å²) in [6, 6.07) is 22.3. The molecule has 2 aliphatic rings. The fraction of sp³-hybridized carbons (Fsp3) is 0.241. The molecular formula is C29H26ClN3O3. The lowest BCUT2D eigenvalue weighted by atomic mass is 9.85. The van der Waals surface area contributed by atoms with Gasteiger partial charge in [0.2, 0.25) is 11.8 Å². The van der Waals surface area contributed by atoms with Crippen LogP contribution < -0.4 is 4.74 Å². The zero-order valence-corrected chi connectivity index (χ0v) is 20.7. The first kappa shape index (κ1) is 22.7. The molecule has 6 nitrogen and oxygen atoms in total. The van der Waals surface area contributed by atoms with Gasteiger partial charge in [0.05, 0.1) is 6.61 Å². The van der Waals surface area contributed by atoms with E-state index in [-0.39, 0.29) is 18.4 Å². The summed E-state index contributed by atoms with van der Waals surface area (Å²) < 4.78 is 5.97. The van der Waals surface area contributed by atoms with Crippen LogP contribution in [0.5, 0.6) is 5.75 Å². The smallest absolute Gasteiger partial charge is 0.246 e. The van der Waals surface area contributed by atoms with Gasteiger partial charge in [-0.2, -0.15) is 0 Å². The van der Waals surface area contributed by atoms with Crippen LogP contribution >= 0.6 is 11.6 Å². The third-order valence-electron chi connectivity index (χ3n) is 7.12. The van der Waals surface area contributed by atoms with Crippen LogP contribution in [0, 0.1) is 0 Å². The summed E-state index contributed by atoms with van der Waals surface area (Å²) in [5, 5.41) is 1.69. The summed E-state index contributed by atoms with van der Waals surface area (Å²) in [6.45, 7) is 2.81. The number of halogens is 1. The highest BCUT2D eigenvalue weighted by Crippen LogP contribution is 2.45. The van der Waals surface area contributed by atoms with Gasteiger partial charge in [0.25, 0.3) is 0 Å². The lowest BCUT2D eigenvalue weighted by Crippen LogP contribution is -2.62. The van der Waals surface area contributed by atoms with E-state index in [0.717, 1.165) is 39.0 Å². The summed E-state index contributed by atoms with van der Waals surface area (Å²) in [5.74, 6) is 0.587. The van der Waals surface area contributed by atoms with E-state index < -0.39 is 12.1 Å². The van der Waals surface area contributed by atoms with E-state index in [1.807, 2.05) is 67.6 Å². The highest BCUT2D eigenvalue weighted by atomic mass is 35.5. The van der Waals surface area contributed by atoms with Crippen molar-refractivity contribution in [2.75, 3.05) is 13.2 Å². The Hall–Kier alpha value is -3.77. The van der Waals surface area contributed by atoms with Crippen LogP contribution in [0.3, 0.4) is 0 Å². The molecule has 6 rings (SSSR count). The zero-order valence-electron chi connectivity index (χ0n) is 19.9. The predicted molar refractivity (Wildman–Crippen MR) is 139 cm³/mol. The van der Waals surface area contributed by atoms with E-state index in [1.165, 1.54) is 0 Å². The predicted octanol–water partition coefficient (Wildman–Crippen LogP) is 5.11. The molecule has 1 fully saturated rings. The molecular weight excluding hydrogens is 474 g/mol. The Balaban J connectivity index is 1.47. The second-order valence-electron chi connectivity index (χ2n) is 9.28. The van der Waals surface area contributed by atoms with E-state index in [0.29, 0.717) is 24.6 Å². The molecule has 4 aromatic rings. The fourth-order valence-electron chi connectivity index (χ4n) is 5.63. The Labute approximate surface area is 214 Å². The Morgan fingerprint density at radius 2 is 1.83 bits per heavy atom. The fourth-order valence-corrected chi connectivity index (χ4v) is 5.84. The van der Waals surface area contributed by atoms with Crippen molar-refractivity contribution in [2.24, 2.45) is 0 Å². The van der Waals surface area contributed by atoms with Crippen molar-refractivity contribution in [3.63, 3.8) is 0 Å². The molecule has 1 saturated heterocycles. The molecule has 3 heterocycles. The number of carbonyl (C=O) groups excluding carboxylic acids is 2. The average Bonchev–Trinajstić information content (AvgIpc) is 3.25. The van der Waals surface area contributed by atoms with Gasteiger partial charge >= 0.3 is 0 Å². The highest BCUT2D eigenvalue weighted by Gasteiger charge is 2.48. The van der Waals surface area contributed by atoms with Crippen LogP contribution in [0.4, 0.5) is 0 Å². The molecule has 1 aromatic heterocycles. The number of aromatic amines is 1. The maximum absolute atomic E-state index is 13.9. The summed E-state index contributed by atoms with van der Waals surface area (Å²) in [6.07, 6.45) is 0.462. The van der Waals surface area contributed by atoms with Crippen molar-refractivity contribution in [2.45, 2.75) is 32.0 Å². The summed E-state index contributed by atoms with van der Waals surface area (Å²) in [4.78, 5) is 34.7. The van der Waals surface area contributed by atoms with Crippen molar-refractivity contribution in [1.29, 1.82) is 0 Å². The van der Waals surface area contributed by atoms with Crippen LogP contribution in [0.2, 0.25) is 5.02 Å². The molecule has 0 bridgehead atoms. The molecule has 0 radical (unpaired) electrons. The van der Waals surface area contributed by atoms with Gasteiger partial charge in [0.1, 0.15) is 24.4 Å². The third kappa shape index (κ3) is 3.73. The van der Waals surface area contributed by atoms with Crippen molar-refractivity contribution < 1.29 is 14.3 Å². The van der Waals surface area contributed by atoms with E-state index in [2.05, 4.69) is 11.1 Å². The van der Waals surface area contributed by atoms with E-state index in [4.69, 9.17) is 16.3 Å². The van der Waals surface area contributed by atoms with Gasteiger partial charge in [-0.25, -0.2) is 0 Å². The normalized spacial score (nSPS) is 19.4. The van der Waals surface area contributed by atoms with E-state index >= 15 is 0 Å². The average molecular weight is 500 g/mol. The summed E-state index contributed by atoms with van der Waals surface area (Å²) in [5.41, 5.74) is 4.80. The molecule has 2 amide bonds. The lowest BCUT2D eigenvalue weighted by Gasteiger charge is -2.47. The number of rotatable bonds is 5. The van der Waals surface area contributed by atoms with Gasteiger partial charge in [-0.3, -0.25) is 9.59 Å². The van der Waals surface area contributed by atoms with E-state index in [9.17, 15) is 9.59 Å². The number of nitrogens with one attached hydrogen (secondary N) is 1. The number of carbonyl (C=O) groups is 2. The maximum Gasteiger partial charge on any atom is 0.246 e. The molecule has 1 unspecified atom stereocenters. The minimum absolute atomic E-state index is 0.0186. The van der Waals surface area contributed by atoms with Crippen molar-refractivity contribution in [3.8, 4) is 5.75 Å². The number of ether oxygens (including phenoxy) is 1. The minimum Gasteiger partial charge on any atom is -0.494 e. The van der Waals surface area contributed by atoms with Crippen LogP contribution in [0.25, 0.3) is 10.9 Å². The molecule has 7 heteroatoms. The van der Waals surface area contributed by atoms with Gasteiger partial charge < -0.3 is 19.5 Å². The summed E-state index contributed by atoms with van der Waals surface area (Å²) in [7, 11) is 0. The minimum atomic E-state index is -0.600. The molecule has 0 saturated carbocycles. The number of para-hydroxylation sites is 2. The number of fused-ring (bicyclic) bond motifs is 4. The Bertz CT molecular complexity index is 1480. The number of benzene rings is 3. The van der Waals surface area contributed by atoms with Crippen LogP contribution in [-0.4, -0.2) is 45.8 Å². The molecule has 2 atom stereocenters. The largest absolute Gasteiger partial charge is 0.494 e. The van der Waals surface area contributed by atoms with Crippen LogP contribution in [0.15, 0.2) is 72.8 Å². The molecule has 0 spiro atoms. The zero-order chi connectivity index (χ0) is 24.8. The standard InChI is InChI=1S/C29H26ClN3O3/c1-2-36-25-13-6-4-11-21(25)28-27-22(20-10-3-5-12-23(20)31-27)15-24-29(35)32(17-26(34)33(24)28)16-18-8-7-9-19(30)14-18/h3-14,24,28,31H,2,15-17H2,1H3/t24-,28?/m0/s1. The quantitative estimate of drug-likeness (QED) is 0.415. The maximum atomic E-state index is 13.9. The van der Waals surface area contributed by atoms with E-state index in [1.54, 1.807) is 15.9 Å². The molecule has 36 heavy (non-hydrogen) atoms. The summed E-state index contributed by atoms with van der Waals surface area (Å²) >= 11 is 6.17. The van der Waals surface area contributed by atoms with Gasteiger partial charge in [-0.15, -0.1) is 0 Å².